The van der Waals surface area contributed by atoms with Crippen LogP contribution in [-0.4, -0.2) is 36.5 Å². The summed E-state index contributed by atoms with van der Waals surface area (Å²) in [5.74, 6) is 0.485. The SMILES string of the molecule is CCC(C)C(C(=O)NC1CCN(CCc2ccccc2)CC1)c1ccccc1. The minimum Gasteiger partial charge on any atom is -0.353 e. The van der Waals surface area contributed by atoms with Gasteiger partial charge < -0.3 is 10.2 Å². The molecule has 1 N–H and O–H groups in total. The molecule has 0 aromatic heterocycles. The maximum absolute atomic E-state index is 13.1. The molecule has 28 heavy (non-hydrogen) atoms. The van der Waals surface area contributed by atoms with Gasteiger partial charge in [-0.25, -0.2) is 0 Å². The summed E-state index contributed by atoms with van der Waals surface area (Å²) in [5.41, 5.74) is 2.53. The number of piperidine rings is 1. The summed E-state index contributed by atoms with van der Waals surface area (Å²) in [6.45, 7) is 7.58. The van der Waals surface area contributed by atoms with Gasteiger partial charge in [0.1, 0.15) is 0 Å². The number of benzene rings is 2. The maximum atomic E-state index is 13.1. The number of rotatable bonds is 8. The number of amides is 1. The first-order valence-corrected chi connectivity index (χ1v) is 10.8. The van der Waals surface area contributed by atoms with E-state index in [-0.39, 0.29) is 11.8 Å². The Kier molecular flexibility index (Phi) is 7.67. The highest BCUT2D eigenvalue weighted by atomic mass is 16.2. The van der Waals surface area contributed by atoms with Crippen LogP contribution in [0.5, 0.6) is 0 Å². The number of nitrogens with one attached hydrogen (secondary N) is 1. The molecule has 1 heterocycles. The van der Waals surface area contributed by atoms with Crippen molar-refractivity contribution in [2.45, 2.75) is 51.5 Å². The first-order chi connectivity index (χ1) is 13.7. The van der Waals surface area contributed by atoms with Crippen LogP contribution in [0.2, 0.25) is 0 Å². The van der Waals surface area contributed by atoms with Gasteiger partial charge in [-0.3, -0.25) is 4.79 Å². The van der Waals surface area contributed by atoms with Crippen molar-refractivity contribution in [2.75, 3.05) is 19.6 Å². The molecule has 3 heteroatoms. The molecule has 0 saturated carbocycles. The van der Waals surface area contributed by atoms with Gasteiger partial charge in [-0.1, -0.05) is 80.9 Å². The van der Waals surface area contributed by atoms with Crippen molar-refractivity contribution in [3.8, 4) is 0 Å². The largest absolute Gasteiger partial charge is 0.353 e. The number of likely N-dealkylation sites (tertiary alicyclic amines) is 1. The molecule has 1 aliphatic rings. The van der Waals surface area contributed by atoms with Gasteiger partial charge in [0.05, 0.1) is 5.92 Å². The van der Waals surface area contributed by atoms with E-state index < -0.39 is 0 Å². The summed E-state index contributed by atoms with van der Waals surface area (Å²) in [6.07, 6.45) is 4.19. The molecule has 2 atom stereocenters. The lowest BCUT2D eigenvalue weighted by Gasteiger charge is -2.33. The number of hydrogen-bond donors (Lipinski definition) is 1. The lowest BCUT2D eigenvalue weighted by molar-refractivity contribution is -0.124. The zero-order valence-electron chi connectivity index (χ0n) is 17.3. The second-order valence-corrected chi connectivity index (χ2v) is 8.13. The van der Waals surface area contributed by atoms with Gasteiger partial charge in [0.15, 0.2) is 0 Å². The van der Waals surface area contributed by atoms with Crippen molar-refractivity contribution in [2.24, 2.45) is 5.92 Å². The molecule has 2 unspecified atom stereocenters. The van der Waals surface area contributed by atoms with Gasteiger partial charge in [0.25, 0.3) is 0 Å². The highest BCUT2D eigenvalue weighted by Gasteiger charge is 2.28. The molecule has 1 amide bonds. The molecule has 0 bridgehead atoms. The van der Waals surface area contributed by atoms with Gasteiger partial charge in [0, 0.05) is 25.7 Å². The maximum Gasteiger partial charge on any atom is 0.228 e. The Bertz CT molecular complexity index is 708. The van der Waals surface area contributed by atoms with Crippen molar-refractivity contribution < 1.29 is 4.79 Å². The Morgan fingerprint density at radius 1 is 1.04 bits per heavy atom. The number of nitrogens with zero attached hydrogens (tertiary/aromatic N) is 1. The number of hydrogen-bond acceptors (Lipinski definition) is 2. The van der Waals surface area contributed by atoms with E-state index in [2.05, 4.69) is 66.5 Å². The van der Waals surface area contributed by atoms with E-state index in [4.69, 9.17) is 0 Å². The third-order valence-corrected chi connectivity index (χ3v) is 6.15. The quantitative estimate of drug-likeness (QED) is 0.726. The van der Waals surface area contributed by atoms with Crippen molar-refractivity contribution in [3.05, 3.63) is 71.8 Å². The van der Waals surface area contributed by atoms with Crippen LogP contribution in [0, 0.1) is 5.92 Å². The van der Waals surface area contributed by atoms with Gasteiger partial charge in [0.2, 0.25) is 5.91 Å². The van der Waals surface area contributed by atoms with Crippen LogP contribution in [0.15, 0.2) is 60.7 Å². The standard InChI is InChI=1S/C25H34N2O/c1-3-20(2)24(22-12-8-5-9-13-22)25(28)26-23-15-18-27(19-16-23)17-14-21-10-6-4-7-11-21/h4-13,20,23-24H,3,14-19H2,1-2H3,(H,26,28). The molecule has 3 rings (SSSR count). The summed E-state index contributed by atoms with van der Waals surface area (Å²) in [7, 11) is 0. The molecular formula is C25H34N2O. The Morgan fingerprint density at radius 3 is 2.25 bits per heavy atom. The molecule has 150 valence electrons. The molecule has 1 aliphatic heterocycles. The zero-order valence-corrected chi connectivity index (χ0v) is 17.3. The van der Waals surface area contributed by atoms with Crippen molar-refractivity contribution >= 4 is 5.91 Å². The van der Waals surface area contributed by atoms with E-state index in [9.17, 15) is 4.79 Å². The minimum atomic E-state index is -0.0534. The molecule has 0 radical (unpaired) electrons. The van der Waals surface area contributed by atoms with E-state index in [1.165, 1.54) is 5.56 Å². The molecular weight excluding hydrogens is 344 g/mol. The first-order valence-electron chi connectivity index (χ1n) is 10.8. The monoisotopic (exact) mass is 378 g/mol. The second kappa shape index (κ2) is 10.4. The Hall–Kier alpha value is -2.13. The summed E-state index contributed by atoms with van der Waals surface area (Å²) in [5, 5.41) is 3.36. The third-order valence-electron chi connectivity index (χ3n) is 6.15. The zero-order chi connectivity index (χ0) is 19.8. The average molecular weight is 379 g/mol. The van der Waals surface area contributed by atoms with E-state index >= 15 is 0 Å². The fourth-order valence-electron chi connectivity index (χ4n) is 4.16. The Labute approximate surface area is 170 Å². The highest BCUT2D eigenvalue weighted by molar-refractivity contribution is 5.84. The topological polar surface area (TPSA) is 32.3 Å². The Morgan fingerprint density at radius 2 is 1.64 bits per heavy atom. The van der Waals surface area contributed by atoms with Gasteiger partial charge in [-0.05, 0) is 36.3 Å². The van der Waals surface area contributed by atoms with E-state index in [0.29, 0.717) is 12.0 Å². The Balaban J connectivity index is 1.49. The molecule has 3 nitrogen and oxygen atoms in total. The van der Waals surface area contributed by atoms with E-state index in [0.717, 1.165) is 50.9 Å². The lowest BCUT2D eigenvalue weighted by atomic mass is 9.84. The highest BCUT2D eigenvalue weighted by Crippen LogP contribution is 2.27. The molecule has 0 aliphatic carbocycles. The fraction of sp³-hybridized carbons (Fsp3) is 0.480. The van der Waals surface area contributed by atoms with Crippen molar-refractivity contribution in [3.63, 3.8) is 0 Å². The van der Waals surface area contributed by atoms with Gasteiger partial charge in [-0.15, -0.1) is 0 Å². The lowest BCUT2D eigenvalue weighted by Crippen LogP contribution is -2.47. The second-order valence-electron chi connectivity index (χ2n) is 8.13. The van der Waals surface area contributed by atoms with E-state index in [1.54, 1.807) is 0 Å². The van der Waals surface area contributed by atoms with Crippen LogP contribution >= 0.6 is 0 Å². The summed E-state index contributed by atoms with van der Waals surface area (Å²) in [4.78, 5) is 15.6. The van der Waals surface area contributed by atoms with Gasteiger partial charge >= 0.3 is 0 Å². The predicted molar refractivity (Wildman–Crippen MR) is 116 cm³/mol. The summed E-state index contributed by atoms with van der Waals surface area (Å²) < 4.78 is 0. The number of carbonyl (C=O) groups excluding carboxylic acids is 1. The summed E-state index contributed by atoms with van der Waals surface area (Å²) in [6, 6.07) is 21.2. The smallest absolute Gasteiger partial charge is 0.228 e. The van der Waals surface area contributed by atoms with Gasteiger partial charge in [-0.2, -0.15) is 0 Å². The molecule has 1 saturated heterocycles. The molecule has 2 aromatic rings. The number of carbonyl (C=O) groups is 1. The van der Waals surface area contributed by atoms with Crippen LogP contribution < -0.4 is 5.32 Å². The van der Waals surface area contributed by atoms with E-state index in [1.807, 2.05) is 18.2 Å². The summed E-state index contributed by atoms with van der Waals surface area (Å²) >= 11 is 0. The van der Waals surface area contributed by atoms with Crippen LogP contribution in [0.4, 0.5) is 0 Å². The van der Waals surface area contributed by atoms with Crippen LogP contribution in [0.25, 0.3) is 0 Å². The molecule has 1 fully saturated rings. The van der Waals surface area contributed by atoms with Crippen molar-refractivity contribution in [1.29, 1.82) is 0 Å². The van der Waals surface area contributed by atoms with Crippen LogP contribution in [0.3, 0.4) is 0 Å². The molecule has 0 spiro atoms. The first kappa shape index (κ1) is 20.6. The van der Waals surface area contributed by atoms with Crippen LogP contribution in [-0.2, 0) is 11.2 Å². The normalized spacial score (nSPS) is 17.8. The third kappa shape index (κ3) is 5.68. The average Bonchev–Trinajstić information content (AvgIpc) is 2.75. The fourth-order valence-corrected chi connectivity index (χ4v) is 4.16. The minimum absolute atomic E-state index is 0.0534. The van der Waals surface area contributed by atoms with Crippen molar-refractivity contribution in [1.82, 2.24) is 10.2 Å². The van der Waals surface area contributed by atoms with Crippen LogP contribution in [0.1, 0.15) is 50.2 Å². The predicted octanol–water partition coefficient (Wildman–Crippen LogP) is 4.64. The molecule has 2 aromatic carbocycles.